The van der Waals surface area contributed by atoms with Crippen LogP contribution in [0.3, 0.4) is 0 Å². The summed E-state index contributed by atoms with van der Waals surface area (Å²) in [6.45, 7) is 0. The average Bonchev–Trinajstić information content (AvgIpc) is 3.53. The predicted octanol–water partition coefficient (Wildman–Crippen LogP) is 11.9. The predicted molar refractivity (Wildman–Crippen MR) is 194 cm³/mol. The maximum absolute atomic E-state index is 6.36. The van der Waals surface area contributed by atoms with Gasteiger partial charge < -0.3 is 4.42 Å². The molecule has 2 heterocycles. The molecule has 47 heavy (non-hydrogen) atoms. The number of fused-ring (bicyclic) bond motifs is 4. The van der Waals surface area contributed by atoms with Gasteiger partial charge in [0.1, 0.15) is 5.58 Å². The zero-order valence-corrected chi connectivity index (χ0v) is 25.5. The van der Waals surface area contributed by atoms with Crippen LogP contribution in [0.5, 0.6) is 0 Å². The summed E-state index contributed by atoms with van der Waals surface area (Å²) < 4.78 is 6.36. The Bertz CT molecular complexity index is 2580. The first-order valence-electron chi connectivity index (χ1n) is 15.8. The Morgan fingerprint density at radius 1 is 0.383 bits per heavy atom. The number of para-hydroxylation sites is 1. The highest BCUT2D eigenvalue weighted by Gasteiger charge is 2.19. The lowest BCUT2D eigenvalue weighted by molar-refractivity contribution is 0.653. The van der Waals surface area contributed by atoms with E-state index >= 15 is 0 Å². The number of aromatic nitrogens is 2. The van der Waals surface area contributed by atoms with Crippen molar-refractivity contribution in [2.24, 2.45) is 0 Å². The van der Waals surface area contributed by atoms with Crippen LogP contribution in [0.25, 0.3) is 88.9 Å². The van der Waals surface area contributed by atoms with E-state index in [9.17, 15) is 0 Å². The van der Waals surface area contributed by atoms with E-state index in [0.717, 1.165) is 55.4 Å². The molecule has 0 amide bonds. The van der Waals surface area contributed by atoms with Crippen LogP contribution in [0, 0.1) is 0 Å². The van der Waals surface area contributed by atoms with E-state index in [-0.39, 0.29) is 0 Å². The van der Waals surface area contributed by atoms with Gasteiger partial charge in [0.2, 0.25) is 5.71 Å². The second-order valence-corrected chi connectivity index (χ2v) is 11.8. The normalized spacial score (nSPS) is 11.4. The molecule has 220 valence electrons. The van der Waals surface area contributed by atoms with Gasteiger partial charge in [0, 0.05) is 16.5 Å². The van der Waals surface area contributed by atoms with Gasteiger partial charge in [-0.15, -0.1) is 0 Å². The molecule has 0 aliphatic carbocycles. The topological polar surface area (TPSA) is 38.9 Å². The summed E-state index contributed by atoms with van der Waals surface area (Å²) in [5.74, 6) is 0.628. The van der Waals surface area contributed by atoms with Crippen molar-refractivity contribution in [3.8, 4) is 56.0 Å². The zero-order valence-electron chi connectivity index (χ0n) is 25.5. The molecule has 7 aromatic carbocycles. The van der Waals surface area contributed by atoms with Gasteiger partial charge in [0.25, 0.3) is 0 Å². The van der Waals surface area contributed by atoms with Gasteiger partial charge in [0.15, 0.2) is 5.82 Å². The lowest BCUT2D eigenvalue weighted by Crippen LogP contribution is -1.94. The Labute approximate surface area is 272 Å². The van der Waals surface area contributed by atoms with Gasteiger partial charge in [-0.2, -0.15) is 4.98 Å². The molecular formula is C44H28N2O. The fraction of sp³-hybridized carbons (Fsp3) is 0. The van der Waals surface area contributed by atoms with Crippen molar-refractivity contribution in [1.29, 1.82) is 0 Å². The van der Waals surface area contributed by atoms with E-state index < -0.39 is 0 Å². The fourth-order valence-corrected chi connectivity index (χ4v) is 6.62. The van der Waals surface area contributed by atoms with Gasteiger partial charge in [-0.1, -0.05) is 146 Å². The van der Waals surface area contributed by atoms with Crippen LogP contribution >= 0.6 is 0 Å². The molecule has 0 fully saturated rings. The number of rotatable bonds is 5. The lowest BCUT2D eigenvalue weighted by Gasteiger charge is -2.11. The molecule has 0 saturated carbocycles. The van der Waals surface area contributed by atoms with Crippen molar-refractivity contribution in [3.05, 3.63) is 170 Å². The van der Waals surface area contributed by atoms with Crippen LogP contribution in [0.2, 0.25) is 0 Å². The van der Waals surface area contributed by atoms with E-state index in [1.807, 2.05) is 24.3 Å². The highest BCUT2D eigenvalue weighted by Crippen LogP contribution is 2.38. The molecule has 3 nitrogen and oxygen atoms in total. The Balaban J connectivity index is 1.18. The molecular weight excluding hydrogens is 572 g/mol. The first-order chi connectivity index (χ1) is 23.3. The van der Waals surface area contributed by atoms with Crippen molar-refractivity contribution in [1.82, 2.24) is 9.97 Å². The molecule has 0 spiro atoms. The van der Waals surface area contributed by atoms with Gasteiger partial charge in [-0.25, -0.2) is 4.98 Å². The van der Waals surface area contributed by atoms with E-state index in [0.29, 0.717) is 11.5 Å². The van der Waals surface area contributed by atoms with Crippen LogP contribution in [0.1, 0.15) is 0 Å². The fourth-order valence-electron chi connectivity index (χ4n) is 6.62. The molecule has 0 atom stereocenters. The van der Waals surface area contributed by atoms with Crippen LogP contribution in [0.15, 0.2) is 174 Å². The second-order valence-electron chi connectivity index (χ2n) is 11.8. The van der Waals surface area contributed by atoms with E-state index in [4.69, 9.17) is 14.4 Å². The van der Waals surface area contributed by atoms with Crippen LogP contribution in [0.4, 0.5) is 0 Å². The standard InChI is InChI=1S/C44H28N2O/c1-2-12-29(13-3-1)31-16-9-20-35(27-31)42-41-39-23-6-7-25-40(39)47-44(41)46-43(45-42)36-21-10-18-33(28-36)32-17-8-19-34(26-32)38-24-11-15-30-14-4-5-22-37(30)38/h1-28H. The van der Waals surface area contributed by atoms with Crippen molar-refractivity contribution in [2.45, 2.75) is 0 Å². The monoisotopic (exact) mass is 600 g/mol. The van der Waals surface area contributed by atoms with E-state index in [1.54, 1.807) is 0 Å². The number of benzene rings is 7. The SMILES string of the molecule is c1ccc(-c2cccc(-c3nc(-c4cccc(-c5cccc(-c6cccc7ccccc67)c5)c4)nc4oc5ccccc5c34)c2)cc1. The summed E-state index contributed by atoms with van der Waals surface area (Å²) in [6.07, 6.45) is 0. The Morgan fingerprint density at radius 3 is 1.77 bits per heavy atom. The molecule has 0 unspecified atom stereocenters. The molecule has 3 heteroatoms. The minimum absolute atomic E-state index is 0.583. The Kier molecular flexibility index (Phi) is 6.46. The van der Waals surface area contributed by atoms with Crippen molar-refractivity contribution < 1.29 is 4.42 Å². The Morgan fingerprint density at radius 2 is 0.936 bits per heavy atom. The smallest absolute Gasteiger partial charge is 0.231 e. The van der Waals surface area contributed by atoms with Gasteiger partial charge in [-0.05, 0) is 68.4 Å². The third kappa shape index (κ3) is 4.86. The highest BCUT2D eigenvalue weighted by molar-refractivity contribution is 6.10. The number of furan rings is 1. The zero-order chi connectivity index (χ0) is 31.2. The second kappa shape index (κ2) is 11.2. The molecule has 9 aromatic rings. The minimum Gasteiger partial charge on any atom is -0.438 e. The van der Waals surface area contributed by atoms with Crippen LogP contribution in [-0.2, 0) is 0 Å². The Hall–Kier alpha value is -6.32. The minimum atomic E-state index is 0.583. The first-order valence-corrected chi connectivity index (χ1v) is 15.8. The quantitative estimate of drug-likeness (QED) is 0.197. The maximum atomic E-state index is 6.36. The molecule has 0 radical (unpaired) electrons. The molecule has 2 aromatic heterocycles. The van der Waals surface area contributed by atoms with Crippen molar-refractivity contribution in [2.75, 3.05) is 0 Å². The molecule has 0 bridgehead atoms. The third-order valence-corrected chi connectivity index (χ3v) is 8.90. The van der Waals surface area contributed by atoms with Gasteiger partial charge >= 0.3 is 0 Å². The number of hydrogen-bond acceptors (Lipinski definition) is 3. The van der Waals surface area contributed by atoms with Crippen molar-refractivity contribution in [3.63, 3.8) is 0 Å². The summed E-state index contributed by atoms with van der Waals surface area (Å²) in [7, 11) is 0. The summed E-state index contributed by atoms with van der Waals surface area (Å²) >= 11 is 0. The molecule has 0 N–H and O–H groups in total. The number of hydrogen-bond donors (Lipinski definition) is 0. The number of nitrogens with zero attached hydrogens (tertiary/aromatic N) is 2. The highest BCUT2D eigenvalue weighted by atomic mass is 16.3. The summed E-state index contributed by atoms with van der Waals surface area (Å²) in [5.41, 5.74) is 11.1. The average molecular weight is 601 g/mol. The molecule has 9 rings (SSSR count). The summed E-state index contributed by atoms with van der Waals surface area (Å²) in [6, 6.07) is 59.4. The molecule has 0 aliphatic heterocycles. The van der Waals surface area contributed by atoms with Crippen LogP contribution in [-0.4, -0.2) is 9.97 Å². The molecule has 0 saturated heterocycles. The summed E-state index contributed by atoms with van der Waals surface area (Å²) in [5, 5.41) is 4.42. The lowest BCUT2D eigenvalue weighted by atomic mass is 9.95. The summed E-state index contributed by atoms with van der Waals surface area (Å²) in [4.78, 5) is 10.3. The molecule has 0 aliphatic rings. The van der Waals surface area contributed by atoms with E-state index in [2.05, 4.69) is 146 Å². The van der Waals surface area contributed by atoms with Crippen LogP contribution < -0.4 is 0 Å². The largest absolute Gasteiger partial charge is 0.438 e. The first kappa shape index (κ1) is 27.0. The van der Waals surface area contributed by atoms with E-state index in [1.165, 1.54) is 21.9 Å². The maximum Gasteiger partial charge on any atom is 0.231 e. The third-order valence-electron chi connectivity index (χ3n) is 8.90. The van der Waals surface area contributed by atoms with Crippen molar-refractivity contribution >= 4 is 32.8 Å². The van der Waals surface area contributed by atoms with Gasteiger partial charge in [0.05, 0.1) is 11.1 Å². The van der Waals surface area contributed by atoms with Gasteiger partial charge in [-0.3, -0.25) is 0 Å².